The molecule has 0 unspecified atom stereocenters. The maximum atomic E-state index is 10.3. The first-order valence-electron chi connectivity index (χ1n) is 3.07. The normalized spacial score (nSPS) is 9.25. The molecule has 1 heterocycles. The highest BCUT2D eigenvalue weighted by atomic mass is 32.2. The molecule has 5 heteroatoms. The summed E-state index contributed by atoms with van der Waals surface area (Å²) in [4.78, 5) is 10.3. The van der Waals surface area contributed by atoms with Crippen molar-refractivity contribution in [1.29, 1.82) is 5.26 Å². The Morgan fingerprint density at radius 3 is 3.00 bits per heavy atom. The van der Waals surface area contributed by atoms with E-state index in [0.29, 0.717) is 11.5 Å². The molecule has 0 saturated heterocycles. The van der Waals surface area contributed by atoms with E-state index in [1.54, 1.807) is 6.07 Å². The second-order valence-corrected chi connectivity index (χ2v) is 2.71. The Kier molecular flexibility index (Phi) is 2.77. The molecular weight excluding hydrogens is 178 g/mol. The molecule has 0 fully saturated rings. The van der Waals surface area contributed by atoms with Gasteiger partial charge in [0.25, 0.3) is 0 Å². The SMILES string of the molecule is N#CSCc1ccc(C(=O)O)o1. The molecule has 0 aliphatic carbocycles. The van der Waals surface area contributed by atoms with Gasteiger partial charge in [-0.15, -0.1) is 0 Å². The summed E-state index contributed by atoms with van der Waals surface area (Å²) in [6.45, 7) is 0. The van der Waals surface area contributed by atoms with Crippen LogP contribution < -0.4 is 0 Å². The molecule has 0 aliphatic rings. The maximum Gasteiger partial charge on any atom is 0.371 e. The summed E-state index contributed by atoms with van der Waals surface area (Å²) in [5.41, 5.74) is 0. The van der Waals surface area contributed by atoms with Crippen LogP contribution >= 0.6 is 11.8 Å². The highest BCUT2D eigenvalue weighted by Crippen LogP contribution is 2.14. The smallest absolute Gasteiger partial charge is 0.371 e. The number of carboxylic acid groups (broad SMARTS) is 1. The van der Waals surface area contributed by atoms with Crippen LogP contribution in [0.15, 0.2) is 16.5 Å². The van der Waals surface area contributed by atoms with Gasteiger partial charge in [-0.1, -0.05) is 0 Å². The van der Waals surface area contributed by atoms with E-state index in [4.69, 9.17) is 14.8 Å². The largest absolute Gasteiger partial charge is 0.475 e. The zero-order valence-corrected chi connectivity index (χ0v) is 6.80. The number of nitriles is 1. The fraction of sp³-hybridized carbons (Fsp3) is 0.143. The van der Waals surface area contributed by atoms with Gasteiger partial charge in [0.05, 0.1) is 5.75 Å². The fourth-order valence-corrected chi connectivity index (χ4v) is 1.04. The number of nitrogens with zero attached hydrogens (tertiary/aromatic N) is 1. The first kappa shape index (κ1) is 8.68. The van der Waals surface area contributed by atoms with E-state index < -0.39 is 5.97 Å². The van der Waals surface area contributed by atoms with E-state index in [1.807, 2.05) is 5.40 Å². The van der Waals surface area contributed by atoms with E-state index in [2.05, 4.69) is 0 Å². The molecule has 1 N–H and O–H groups in total. The predicted molar refractivity (Wildman–Crippen MR) is 42.6 cm³/mol. The topological polar surface area (TPSA) is 74.2 Å². The second kappa shape index (κ2) is 3.83. The van der Waals surface area contributed by atoms with Crippen LogP contribution in [0.3, 0.4) is 0 Å². The minimum atomic E-state index is -1.09. The summed E-state index contributed by atoms with van der Waals surface area (Å²) in [7, 11) is 0. The van der Waals surface area contributed by atoms with Gasteiger partial charge in [-0.25, -0.2) is 4.79 Å². The van der Waals surface area contributed by atoms with Gasteiger partial charge in [0.15, 0.2) is 0 Å². The van der Waals surface area contributed by atoms with Gasteiger partial charge in [0.1, 0.15) is 11.2 Å². The zero-order chi connectivity index (χ0) is 8.97. The molecule has 4 nitrogen and oxygen atoms in total. The summed E-state index contributed by atoms with van der Waals surface area (Å²) >= 11 is 1.01. The van der Waals surface area contributed by atoms with Crippen molar-refractivity contribution in [2.75, 3.05) is 0 Å². The molecule has 0 saturated carbocycles. The van der Waals surface area contributed by atoms with Gasteiger partial charge in [-0.3, -0.25) is 0 Å². The number of carbonyl (C=O) groups is 1. The quantitative estimate of drug-likeness (QED) is 0.722. The summed E-state index contributed by atoms with van der Waals surface area (Å²) in [5, 5.41) is 18.5. The third-order valence-electron chi connectivity index (χ3n) is 1.15. The fourth-order valence-electron chi connectivity index (χ4n) is 0.674. The van der Waals surface area contributed by atoms with Crippen LogP contribution in [0.1, 0.15) is 16.3 Å². The van der Waals surface area contributed by atoms with Crippen LogP contribution in [0, 0.1) is 10.7 Å². The number of rotatable bonds is 3. The van der Waals surface area contributed by atoms with Gasteiger partial charge in [0, 0.05) is 0 Å². The van der Waals surface area contributed by atoms with Gasteiger partial charge in [-0.05, 0) is 23.9 Å². The van der Waals surface area contributed by atoms with Crippen molar-refractivity contribution >= 4 is 17.7 Å². The molecule has 0 aliphatic heterocycles. The lowest BCUT2D eigenvalue weighted by molar-refractivity contribution is 0.0661. The number of hydrogen-bond donors (Lipinski definition) is 1. The Labute approximate surface area is 72.8 Å². The number of carboxylic acids is 1. The molecule has 0 spiro atoms. The van der Waals surface area contributed by atoms with Crippen molar-refractivity contribution in [1.82, 2.24) is 0 Å². The molecule has 0 atom stereocenters. The lowest BCUT2D eigenvalue weighted by atomic mass is 10.4. The third kappa shape index (κ3) is 2.04. The van der Waals surface area contributed by atoms with Crippen LogP contribution in [0.2, 0.25) is 0 Å². The minimum absolute atomic E-state index is 0.0939. The van der Waals surface area contributed by atoms with Crippen molar-refractivity contribution in [3.05, 3.63) is 23.7 Å². The standard InChI is InChI=1S/C7H5NO3S/c8-4-12-3-5-1-2-6(11-5)7(9)10/h1-2H,3H2,(H,9,10). The van der Waals surface area contributed by atoms with Crippen LogP contribution in [-0.2, 0) is 5.75 Å². The minimum Gasteiger partial charge on any atom is -0.475 e. The molecule has 1 rings (SSSR count). The van der Waals surface area contributed by atoms with Crippen molar-refractivity contribution in [2.45, 2.75) is 5.75 Å². The monoisotopic (exact) mass is 183 g/mol. The van der Waals surface area contributed by atoms with Crippen molar-refractivity contribution in [3.63, 3.8) is 0 Å². The third-order valence-corrected chi connectivity index (χ3v) is 1.71. The Hall–Kier alpha value is -1.41. The average Bonchev–Trinajstić information content (AvgIpc) is 2.48. The summed E-state index contributed by atoms with van der Waals surface area (Å²) in [6, 6.07) is 2.92. The number of thiocyanates is 1. The van der Waals surface area contributed by atoms with Crippen LogP contribution in [0.4, 0.5) is 0 Å². The molecule has 1 aromatic rings. The van der Waals surface area contributed by atoms with E-state index >= 15 is 0 Å². The number of furan rings is 1. The highest BCUT2D eigenvalue weighted by molar-refractivity contribution is 8.02. The zero-order valence-electron chi connectivity index (χ0n) is 5.98. The van der Waals surface area contributed by atoms with Crippen LogP contribution in [0.25, 0.3) is 0 Å². The van der Waals surface area contributed by atoms with Gasteiger partial charge < -0.3 is 9.52 Å². The predicted octanol–water partition coefficient (Wildman–Crippen LogP) is 1.69. The Morgan fingerprint density at radius 1 is 1.75 bits per heavy atom. The summed E-state index contributed by atoms with van der Waals surface area (Å²) < 4.78 is 4.88. The van der Waals surface area contributed by atoms with Crippen LogP contribution in [-0.4, -0.2) is 11.1 Å². The van der Waals surface area contributed by atoms with Crippen molar-refractivity contribution in [2.24, 2.45) is 0 Å². The van der Waals surface area contributed by atoms with Crippen LogP contribution in [0.5, 0.6) is 0 Å². The Balaban J connectivity index is 2.66. The lowest BCUT2D eigenvalue weighted by Gasteiger charge is -1.87. The number of hydrogen-bond acceptors (Lipinski definition) is 4. The van der Waals surface area contributed by atoms with E-state index in [9.17, 15) is 4.79 Å². The molecule has 0 aromatic carbocycles. The van der Waals surface area contributed by atoms with Gasteiger partial charge >= 0.3 is 5.97 Å². The molecule has 1 aromatic heterocycles. The van der Waals surface area contributed by atoms with Crippen molar-refractivity contribution < 1.29 is 14.3 Å². The van der Waals surface area contributed by atoms with E-state index in [1.165, 1.54) is 6.07 Å². The second-order valence-electron chi connectivity index (χ2n) is 1.95. The summed E-state index contributed by atoms with van der Waals surface area (Å²) in [6.07, 6.45) is 0. The molecule has 0 bridgehead atoms. The Bertz CT molecular complexity index is 326. The number of aromatic carboxylic acids is 1. The molecule has 0 radical (unpaired) electrons. The van der Waals surface area contributed by atoms with Crippen molar-refractivity contribution in [3.8, 4) is 5.40 Å². The van der Waals surface area contributed by atoms with E-state index in [0.717, 1.165) is 11.8 Å². The highest BCUT2D eigenvalue weighted by Gasteiger charge is 2.08. The van der Waals surface area contributed by atoms with E-state index in [-0.39, 0.29) is 5.76 Å². The lowest BCUT2D eigenvalue weighted by Crippen LogP contribution is -1.91. The molecule has 0 amide bonds. The average molecular weight is 183 g/mol. The molecule has 12 heavy (non-hydrogen) atoms. The molecule has 62 valence electrons. The molecular formula is C7H5NO3S. The first-order chi connectivity index (χ1) is 5.74. The first-order valence-corrected chi connectivity index (χ1v) is 4.05. The number of thioether (sulfide) groups is 1. The maximum absolute atomic E-state index is 10.3. The summed E-state index contributed by atoms with van der Waals surface area (Å²) in [5.74, 6) is -0.310. The Morgan fingerprint density at radius 2 is 2.50 bits per heavy atom. The van der Waals surface area contributed by atoms with Gasteiger partial charge in [0.2, 0.25) is 5.76 Å². The van der Waals surface area contributed by atoms with Gasteiger partial charge in [-0.2, -0.15) is 5.26 Å².